The smallest absolute Gasteiger partial charge is 0.253 e. The first-order chi connectivity index (χ1) is 8.70. The minimum atomic E-state index is -0.284. The van der Waals surface area contributed by atoms with Crippen LogP contribution in [0.3, 0.4) is 0 Å². The summed E-state index contributed by atoms with van der Waals surface area (Å²) in [4.78, 5) is 24.5. The van der Waals surface area contributed by atoms with Crippen molar-refractivity contribution < 1.29 is 9.59 Å². The zero-order valence-electron chi connectivity index (χ0n) is 10.2. The zero-order valence-corrected chi connectivity index (χ0v) is 10.2. The molecule has 0 N–H and O–H groups in total. The van der Waals surface area contributed by atoms with Gasteiger partial charge in [0.2, 0.25) is 0 Å². The Morgan fingerprint density at radius 1 is 1.56 bits per heavy atom. The molecule has 1 aliphatic heterocycles. The molecule has 5 heteroatoms. The Morgan fingerprint density at radius 2 is 2.39 bits per heavy atom. The van der Waals surface area contributed by atoms with Crippen LogP contribution < -0.4 is 0 Å². The molecular formula is C13H15N3O2. The van der Waals surface area contributed by atoms with Crippen LogP contribution in [0.5, 0.6) is 0 Å². The normalized spacial score (nSPS) is 15.6. The number of carbonyl (C=O) groups is 2. The number of aromatic nitrogens is 2. The van der Waals surface area contributed by atoms with Gasteiger partial charge in [0.05, 0.1) is 6.20 Å². The molecule has 0 unspecified atom stereocenters. The third-order valence-corrected chi connectivity index (χ3v) is 2.71. The predicted octanol–water partition coefficient (Wildman–Crippen LogP) is 1.23. The molecule has 18 heavy (non-hydrogen) atoms. The van der Waals surface area contributed by atoms with Gasteiger partial charge in [0.15, 0.2) is 0 Å². The van der Waals surface area contributed by atoms with Crippen molar-refractivity contribution in [3.05, 3.63) is 36.2 Å². The van der Waals surface area contributed by atoms with E-state index in [1.54, 1.807) is 23.0 Å². The number of carbonyl (C=O) groups excluding carboxylic acids is 2. The van der Waals surface area contributed by atoms with Crippen molar-refractivity contribution in [3.63, 3.8) is 0 Å². The summed E-state index contributed by atoms with van der Waals surface area (Å²) in [5, 5.41) is 4.10. The van der Waals surface area contributed by atoms with Crippen LogP contribution >= 0.6 is 0 Å². The van der Waals surface area contributed by atoms with Crippen molar-refractivity contribution in [1.29, 1.82) is 0 Å². The summed E-state index contributed by atoms with van der Waals surface area (Å²) >= 11 is 0. The lowest BCUT2D eigenvalue weighted by Gasteiger charge is -2.19. The molecule has 1 aromatic rings. The van der Waals surface area contributed by atoms with Gasteiger partial charge in [-0.3, -0.25) is 19.2 Å². The largest absolute Gasteiger partial charge is 0.275 e. The van der Waals surface area contributed by atoms with E-state index < -0.39 is 0 Å². The van der Waals surface area contributed by atoms with E-state index >= 15 is 0 Å². The van der Waals surface area contributed by atoms with E-state index in [2.05, 4.69) is 5.10 Å². The van der Waals surface area contributed by atoms with E-state index in [-0.39, 0.29) is 11.8 Å². The summed E-state index contributed by atoms with van der Waals surface area (Å²) in [6.07, 6.45) is 10.6. The molecule has 2 rings (SSSR count). The third-order valence-electron chi connectivity index (χ3n) is 2.71. The maximum atomic E-state index is 11.8. The SMILES string of the molecule is CCn1cc(/C=C/C(=O)N2CCC=CC2=O)cn1. The van der Waals surface area contributed by atoms with Crippen LogP contribution in [0.1, 0.15) is 18.9 Å². The number of hydrogen-bond donors (Lipinski definition) is 0. The molecule has 0 atom stereocenters. The van der Waals surface area contributed by atoms with E-state index in [4.69, 9.17) is 0 Å². The van der Waals surface area contributed by atoms with Crippen molar-refractivity contribution in [3.8, 4) is 0 Å². The number of aryl methyl sites for hydroxylation is 1. The first-order valence-electron chi connectivity index (χ1n) is 5.93. The van der Waals surface area contributed by atoms with Gasteiger partial charge in [0.25, 0.3) is 11.8 Å². The predicted molar refractivity (Wildman–Crippen MR) is 67.4 cm³/mol. The molecule has 0 saturated heterocycles. The summed E-state index contributed by atoms with van der Waals surface area (Å²) in [6, 6.07) is 0. The second kappa shape index (κ2) is 5.44. The standard InChI is InChI=1S/C13H15N3O2/c1-2-15-10-11(9-14-15)6-7-13(18)16-8-4-3-5-12(16)17/h3,5-7,9-10H,2,4,8H2,1H3/b7-6+. The fourth-order valence-corrected chi connectivity index (χ4v) is 1.70. The topological polar surface area (TPSA) is 55.2 Å². The first kappa shape index (κ1) is 12.3. The van der Waals surface area contributed by atoms with E-state index in [0.29, 0.717) is 6.54 Å². The molecule has 0 fully saturated rings. The third kappa shape index (κ3) is 2.74. The van der Waals surface area contributed by atoms with E-state index in [0.717, 1.165) is 18.5 Å². The van der Waals surface area contributed by atoms with E-state index in [9.17, 15) is 9.59 Å². The highest BCUT2D eigenvalue weighted by Gasteiger charge is 2.18. The zero-order chi connectivity index (χ0) is 13.0. The molecule has 0 spiro atoms. The fraction of sp³-hybridized carbons (Fsp3) is 0.308. The van der Waals surface area contributed by atoms with Crippen LogP contribution in [-0.2, 0) is 16.1 Å². The molecular weight excluding hydrogens is 230 g/mol. The fourth-order valence-electron chi connectivity index (χ4n) is 1.70. The van der Waals surface area contributed by atoms with E-state index in [1.165, 1.54) is 17.1 Å². The van der Waals surface area contributed by atoms with Gasteiger partial charge in [0.1, 0.15) is 0 Å². The van der Waals surface area contributed by atoms with Gasteiger partial charge < -0.3 is 0 Å². The summed E-state index contributed by atoms with van der Waals surface area (Å²) in [5.41, 5.74) is 0.852. The number of hydrogen-bond acceptors (Lipinski definition) is 3. The van der Waals surface area contributed by atoms with Crippen LogP contribution in [0.2, 0.25) is 0 Å². The Kier molecular flexibility index (Phi) is 3.72. The lowest BCUT2D eigenvalue weighted by atomic mass is 10.2. The molecule has 1 aromatic heterocycles. The lowest BCUT2D eigenvalue weighted by molar-refractivity contribution is -0.139. The van der Waals surface area contributed by atoms with Crippen molar-refractivity contribution in [2.75, 3.05) is 6.54 Å². The second-order valence-corrected chi connectivity index (χ2v) is 3.98. The number of rotatable bonds is 3. The van der Waals surface area contributed by atoms with Crippen LogP contribution in [0.15, 0.2) is 30.6 Å². The maximum Gasteiger partial charge on any atom is 0.253 e. The van der Waals surface area contributed by atoms with Crippen LogP contribution in [-0.4, -0.2) is 33.0 Å². The summed E-state index contributed by atoms with van der Waals surface area (Å²) < 4.78 is 1.78. The molecule has 1 aliphatic rings. The molecule has 5 nitrogen and oxygen atoms in total. The Balaban J connectivity index is 2.02. The van der Waals surface area contributed by atoms with Crippen LogP contribution in [0.25, 0.3) is 6.08 Å². The molecule has 0 aromatic carbocycles. The molecule has 2 amide bonds. The summed E-state index contributed by atoms with van der Waals surface area (Å²) in [6.45, 7) is 3.23. The Labute approximate surface area is 105 Å². The molecule has 94 valence electrons. The minimum absolute atomic E-state index is 0.250. The highest BCUT2D eigenvalue weighted by molar-refractivity contribution is 6.06. The summed E-state index contributed by atoms with van der Waals surface area (Å²) in [5.74, 6) is -0.534. The van der Waals surface area contributed by atoms with Crippen LogP contribution in [0, 0.1) is 0 Å². The van der Waals surface area contributed by atoms with Gasteiger partial charge >= 0.3 is 0 Å². The van der Waals surface area contributed by atoms with Gasteiger partial charge in [-0.05, 0) is 25.5 Å². The Bertz CT molecular complexity index is 514. The monoisotopic (exact) mass is 245 g/mol. The van der Waals surface area contributed by atoms with Crippen LogP contribution in [0.4, 0.5) is 0 Å². The quantitative estimate of drug-likeness (QED) is 0.753. The number of imide groups is 1. The molecule has 0 saturated carbocycles. The van der Waals surface area contributed by atoms with Crippen molar-refractivity contribution >= 4 is 17.9 Å². The maximum absolute atomic E-state index is 11.8. The average molecular weight is 245 g/mol. The average Bonchev–Trinajstić information content (AvgIpc) is 2.84. The lowest BCUT2D eigenvalue weighted by Crippen LogP contribution is -2.37. The van der Waals surface area contributed by atoms with Crippen molar-refractivity contribution in [2.45, 2.75) is 19.9 Å². The number of amides is 2. The number of nitrogens with zero attached hydrogens (tertiary/aromatic N) is 3. The molecule has 2 heterocycles. The molecule has 0 radical (unpaired) electrons. The van der Waals surface area contributed by atoms with E-state index in [1.807, 2.05) is 13.1 Å². The van der Waals surface area contributed by atoms with Gasteiger partial charge in [0, 0.05) is 30.9 Å². The first-order valence-corrected chi connectivity index (χ1v) is 5.93. The Hall–Kier alpha value is -2.17. The molecule has 0 aliphatic carbocycles. The highest BCUT2D eigenvalue weighted by Crippen LogP contribution is 2.06. The second-order valence-electron chi connectivity index (χ2n) is 3.98. The molecule has 0 bridgehead atoms. The van der Waals surface area contributed by atoms with Crippen molar-refractivity contribution in [1.82, 2.24) is 14.7 Å². The highest BCUT2D eigenvalue weighted by atomic mass is 16.2. The summed E-state index contributed by atoms with van der Waals surface area (Å²) in [7, 11) is 0. The minimum Gasteiger partial charge on any atom is -0.275 e. The van der Waals surface area contributed by atoms with Crippen molar-refractivity contribution in [2.24, 2.45) is 0 Å². The van der Waals surface area contributed by atoms with Gasteiger partial charge in [-0.2, -0.15) is 5.10 Å². The Morgan fingerprint density at radius 3 is 3.06 bits per heavy atom. The van der Waals surface area contributed by atoms with Gasteiger partial charge in [-0.15, -0.1) is 0 Å². The van der Waals surface area contributed by atoms with Gasteiger partial charge in [-0.25, -0.2) is 0 Å². The van der Waals surface area contributed by atoms with Gasteiger partial charge in [-0.1, -0.05) is 6.08 Å².